The number of benzene rings is 1. The van der Waals surface area contributed by atoms with Gasteiger partial charge in [0.2, 0.25) is 10.0 Å². The molecule has 0 radical (unpaired) electrons. The molecule has 0 spiro atoms. The highest BCUT2D eigenvalue weighted by molar-refractivity contribution is 7.89. The largest absolute Gasteiger partial charge is 0.393 e. The molecule has 0 aliphatic carbocycles. The van der Waals surface area contributed by atoms with Crippen LogP contribution in [-0.4, -0.2) is 26.2 Å². The highest BCUT2D eigenvalue weighted by atomic mass is 32.2. The van der Waals surface area contributed by atoms with Gasteiger partial charge in [-0.05, 0) is 30.5 Å². The summed E-state index contributed by atoms with van der Waals surface area (Å²) < 4.78 is 25.8. The smallest absolute Gasteiger partial charge is 0.240 e. The SMILES string of the molecule is CCNS(=O)(=O)c1ccc(CC(O)CC)cc1. The molecule has 96 valence electrons. The zero-order valence-electron chi connectivity index (χ0n) is 10.2. The molecule has 0 saturated heterocycles. The van der Waals surface area contributed by atoms with Crippen molar-refractivity contribution in [2.75, 3.05) is 6.54 Å². The van der Waals surface area contributed by atoms with Gasteiger partial charge < -0.3 is 5.11 Å². The first-order valence-electron chi connectivity index (χ1n) is 5.76. The second-order valence-corrected chi connectivity index (χ2v) is 5.68. The van der Waals surface area contributed by atoms with E-state index in [-0.39, 0.29) is 11.0 Å². The van der Waals surface area contributed by atoms with Crippen LogP contribution in [0, 0.1) is 0 Å². The maximum Gasteiger partial charge on any atom is 0.240 e. The van der Waals surface area contributed by atoms with Crippen LogP contribution in [0.4, 0.5) is 0 Å². The van der Waals surface area contributed by atoms with E-state index in [9.17, 15) is 13.5 Å². The molecule has 1 aromatic rings. The van der Waals surface area contributed by atoms with Gasteiger partial charge in [0.15, 0.2) is 0 Å². The lowest BCUT2D eigenvalue weighted by atomic mass is 10.1. The molecular formula is C12H19NO3S. The Bertz CT molecular complexity index is 439. The molecule has 0 aliphatic rings. The van der Waals surface area contributed by atoms with Crippen molar-refractivity contribution in [3.05, 3.63) is 29.8 Å². The van der Waals surface area contributed by atoms with E-state index in [4.69, 9.17) is 0 Å². The average molecular weight is 257 g/mol. The van der Waals surface area contributed by atoms with E-state index in [1.54, 1.807) is 31.2 Å². The Labute approximate surface area is 103 Å². The zero-order valence-corrected chi connectivity index (χ0v) is 11.0. The lowest BCUT2D eigenvalue weighted by Crippen LogP contribution is -2.23. The summed E-state index contributed by atoms with van der Waals surface area (Å²) in [7, 11) is -3.37. The Kier molecular flexibility index (Phi) is 5.11. The van der Waals surface area contributed by atoms with Crippen LogP contribution in [-0.2, 0) is 16.4 Å². The van der Waals surface area contributed by atoms with E-state index < -0.39 is 10.0 Å². The molecule has 17 heavy (non-hydrogen) atoms. The molecule has 1 atom stereocenters. The fraction of sp³-hybridized carbons (Fsp3) is 0.500. The van der Waals surface area contributed by atoms with Gasteiger partial charge >= 0.3 is 0 Å². The summed E-state index contributed by atoms with van der Waals surface area (Å²) >= 11 is 0. The fourth-order valence-corrected chi connectivity index (χ4v) is 2.54. The van der Waals surface area contributed by atoms with Crippen molar-refractivity contribution >= 4 is 10.0 Å². The van der Waals surface area contributed by atoms with Crippen LogP contribution in [0.15, 0.2) is 29.2 Å². The summed E-state index contributed by atoms with van der Waals surface area (Å²) in [5.41, 5.74) is 0.940. The standard InChI is InChI=1S/C12H19NO3S/c1-3-11(14)9-10-5-7-12(8-6-10)17(15,16)13-4-2/h5-8,11,13-14H,3-4,9H2,1-2H3. The Morgan fingerprint density at radius 1 is 1.24 bits per heavy atom. The average Bonchev–Trinajstić information content (AvgIpc) is 2.29. The van der Waals surface area contributed by atoms with Crippen LogP contribution in [0.3, 0.4) is 0 Å². The second-order valence-electron chi connectivity index (χ2n) is 3.91. The molecule has 1 aromatic carbocycles. The summed E-state index contributed by atoms with van der Waals surface area (Å²) in [4.78, 5) is 0.258. The molecule has 0 aliphatic heterocycles. The first-order valence-corrected chi connectivity index (χ1v) is 7.24. The molecule has 5 heteroatoms. The molecule has 0 fully saturated rings. The molecule has 0 aromatic heterocycles. The maximum absolute atomic E-state index is 11.7. The number of aliphatic hydroxyl groups is 1. The van der Waals surface area contributed by atoms with Gasteiger partial charge in [-0.25, -0.2) is 13.1 Å². The quantitative estimate of drug-likeness (QED) is 0.807. The minimum atomic E-state index is -3.37. The highest BCUT2D eigenvalue weighted by Gasteiger charge is 2.12. The van der Waals surface area contributed by atoms with Gasteiger partial charge in [-0.2, -0.15) is 0 Å². The van der Waals surface area contributed by atoms with Crippen molar-refractivity contribution in [1.29, 1.82) is 0 Å². The molecule has 4 nitrogen and oxygen atoms in total. The molecule has 0 amide bonds. The van der Waals surface area contributed by atoms with Crippen LogP contribution >= 0.6 is 0 Å². The van der Waals surface area contributed by atoms with Crippen molar-refractivity contribution in [2.45, 2.75) is 37.7 Å². The van der Waals surface area contributed by atoms with E-state index in [1.807, 2.05) is 6.92 Å². The van der Waals surface area contributed by atoms with Gasteiger partial charge in [0, 0.05) is 6.54 Å². The Morgan fingerprint density at radius 3 is 2.29 bits per heavy atom. The Balaban J connectivity index is 2.81. The number of hydrogen-bond donors (Lipinski definition) is 2. The fourth-order valence-electron chi connectivity index (χ4n) is 1.49. The van der Waals surface area contributed by atoms with E-state index >= 15 is 0 Å². The third kappa shape index (κ3) is 4.11. The molecule has 0 heterocycles. The first kappa shape index (κ1) is 14.2. The molecule has 0 saturated carbocycles. The normalized spacial score (nSPS) is 13.6. The number of rotatable bonds is 6. The number of aliphatic hydroxyl groups excluding tert-OH is 1. The van der Waals surface area contributed by atoms with Gasteiger partial charge in [0.1, 0.15) is 0 Å². The topological polar surface area (TPSA) is 66.4 Å². The van der Waals surface area contributed by atoms with Crippen LogP contribution in [0.1, 0.15) is 25.8 Å². The molecule has 0 bridgehead atoms. The van der Waals surface area contributed by atoms with Crippen molar-refractivity contribution in [2.24, 2.45) is 0 Å². The lowest BCUT2D eigenvalue weighted by molar-refractivity contribution is 0.171. The summed E-state index contributed by atoms with van der Waals surface area (Å²) in [6.45, 7) is 4.02. The number of nitrogens with one attached hydrogen (secondary N) is 1. The summed E-state index contributed by atoms with van der Waals surface area (Å²) in [6.07, 6.45) is 0.876. The predicted octanol–water partition coefficient (Wildman–Crippen LogP) is 1.30. The number of sulfonamides is 1. The highest BCUT2D eigenvalue weighted by Crippen LogP contribution is 2.12. The van der Waals surface area contributed by atoms with Crippen molar-refractivity contribution in [1.82, 2.24) is 4.72 Å². The van der Waals surface area contributed by atoms with E-state index in [1.165, 1.54) is 0 Å². The lowest BCUT2D eigenvalue weighted by Gasteiger charge is -2.09. The summed E-state index contributed by atoms with van der Waals surface area (Å²) in [5.74, 6) is 0. The maximum atomic E-state index is 11.7. The minimum Gasteiger partial charge on any atom is -0.393 e. The summed E-state index contributed by atoms with van der Waals surface area (Å²) in [5, 5.41) is 9.49. The van der Waals surface area contributed by atoms with Gasteiger partial charge in [0.25, 0.3) is 0 Å². The van der Waals surface area contributed by atoms with Crippen LogP contribution in [0.25, 0.3) is 0 Å². The van der Waals surface area contributed by atoms with Crippen molar-refractivity contribution < 1.29 is 13.5 Å². The predicted molar refractivity (Wildman–Crippen MR) is 67.3 cm³/mol. The van der Waals surface area contributed by atoms with Crippen molar-refractivity contribution in [3.63, 3.8) is 0 Å². The number of hydrogen-bond acceptors (Lipinski definition) is 3. The monoisotopic (exact) mass is 257 g/mol. The van der Waals surface area contributed by atoms with Gasteiger partial charge in [-0.3, -0.25) is 0 Å². The Morgan fingerprint density at radius 2 is 1.82 bits per heavy atom. The van der Waals surface area contributed by atoms with Crippen molar-refractivity contribution in [3.8, 4) is 0 Å². The molecule has 1 unspecified atom stereocenters. The molecular weight excluding hydrogens is 238 g/mol. The summed E-state index contributed by atoms with van der Waals surface area (Å²) in [6, 6.07) is 6.61. The third-order valence-electron chi connectivity index (χ3n) is 2.51. The minimum absolute atomic E-state index is 0.258. The van der Waals surface area contributed by atoms with Crippen LogP contribution < -0.4 is 4.72 Å². The Hall–Kier alpha value is -0.910. The van der Waals surface area contributed by atoms with Crippen LogP contribution in [0.5, 0.6) is 0 Å². The second kappa shape index (κ2) is 6.14. The van der Waals surface area contributed by atoms with Gasteiger partial charge in [-0.15, -0.1) is 0 Å². The van der Waals surface area contributed by atoms with E-state index in [0.717, 1.165) is 5.56 Å². The van der Waals surface area contributed by atoms with Gasteiger partial charge in [-0.1, -0.05) is 26.0 Å². The van der Waals surface area contributed by atoms with Gasteiger partial charge in [0.05, 0.1) is 11.0 Å². The molecule has 1 rings (SSSR count). The molecule has 2 N–H and O–H groups in total. The third-order valence-corrected chi connectivity index (χ3v) is 4.07. The van der Waals surface area contributed by atoms with E-state index in [0.29, 0.717) is 19.4 Å². The zero-order chi connectivity index (χ0) is 12.9. The first-order chi connectivity index (χ1) is 7.99. The van der Waals surface area contributed by atoms with Crippen LogP contribution in [0.2, 0.25) is 0 Å². The van der Waals surface area contributed by atoms with E-state index in [2.05, 4.69) is 4.72 Å².